The molecule has 2 aliphatic heterocycles. The van der Waals surface area contributed by atoms with Crippen molar-refractivity contribution in [1.29, 1.82) is 0 Å². The van der Waals surface area contributed by atoms with Gasteiger partial charge in [-0.2, -0.15) is 0 Å². The van der Waals surface area contributed by atoms with Crippen LogP contribution < -0.4 is 15.0 Å². The van der Waals surface area contributed by atoms with E-state index in [1.54, 1.807) is 0 Å². The Bertz CT molecular complexity index is 880. The Morgan fingerprint density at radius 3 is 2.80 bits per heavy atom. The van der Waals surface area contributed by atoms with Crippen LogP contribution in [-0.4, -0.2) is 63.9 Å². The van der Waals surface area contributed by atoms with Crippen molar-refractivity contribution < 1.29 is 14.3 Å². The second-order valence-corrected chi connectivity index (χ2v) is 8.13. The number of morpholine rings is 1. The average Bonchev–Trinajstić information content (AvgIpc) is 3.13. The number of rotatable bonds is 7. The summed E-state index contributed by atoms with van der Waals surface area (Å²) in [5, 5.41) is 3.08. The van der Waals surface area contributed by atoms with Gasteiger partial charge in [-0.25, -0.2) is 0 Å². The molecule has 0 bridgehead atoms. The molecule has 0 unspecified atom stereocenters. The SMILES string of the molecule is Cc1cccc(OCC(=O)NC[C@H](c2ccc3c(c2)CCN3C)N2CCOCC2)c1. The van der Waals surface area contributed by atoms with Crippen molar-refractivity contribution >= 4 is 11.6 Å². The molecule has 2 aromatic carbocycles. The van der Waals surface area contributed by atoms with Crippen LogP contribution >= 0.6 is 0 Å². The van der Waals surface area contributed by atoms with Gasteiger partial charge in [-0.1, -0.05) is 24.3 Å². The van der Waals surface area contributed by atoms with Crippen LogP contribution in [0.2, 0.25) is 0 Å². The van der Waals surface area contributed by atoms with E-state index in [4.69, 9.17) is 9.47 Å². The molecule has 6 heteroatoms. The lowest BCUT2D eigenvalue weighted by Crippen LogP contribution is -2.44. The predicted octanol–water partition coefficient (Wildman–Crippen LogP) is 2.56. The van der Waals surface area contributed by atoms with E-state index < -0.39 is 0 Å². The van der Waals surface area contributed by atoms with E-state index in [9.17, 15) is 4.79 Å². The summed E-state index contributed by atoms with van der Waals surface area (Å²) in [7, 11) is 2.14. The lowest BCUT2D eigenvalue weighted by Gasteiger charge is -2.35. The molecule has 0 aliphatic carbocycles. The number of ether oxygens (including phenoxy) is 2. The maximum atomic E-state index is 12.5. The summed E-state index contributed by atoms with van der Waals surface area (Å²) >= 11 is 0. The summed E-state index contributed by atoms with van der Waals surface area (Å²) in [6, 6.07) is 14.6. The number of aryl methyl sites for hydroxylation is 1. The fourth-order valence-corrected chi connectivity index (χ4v) is 4.26. The summed E-state index contributed by atoms with van der Waals surface area (Å²) in [5.41, 5.74) is 5.07. The van der Waals surface area contributed by atoms with E-state index in [0.29, 0.717) is 6.54 Å². The summed E-state index contributed by atoms with van der Waals surface area (Å²) in [4.78, 5) is 17.2. The van der Waals surface area contributed by atoms with Gasteiger partial charge in [0.15, 0.2) is 6.61 Å². The van der Waals surface area contributed by atoms with Crippen molar-refractivity contribution in [3.05, 3.63) is 59.2 Å². The van der Waals surface area contributed by atoms with E-state index in [-0.39, 0.29) is 18.6 Å². The van der Waals surface area contributed by atoms with Gasteiger partial charge in [0.2, 0.25) is 0 Å². The number of amides is 1. The Balaban J connectivity index is 1.41. The van der Waals surface area contributed by atoms with Gasteiger partial charge in [-0.3, -0.25) is 9.69 Å². The molecule has 1 atom stereocenters. The normalized spacial score (nSPS) is 17.5. The summed E-state index contributed by atoms with van der Waals surface area (Å²) in [6.07, 6.45) is 1.08. The maximum Gasteiger partial charge on any atom is 0.258 e. The van der Waals surface area contributed by atoms with Crippen LogP contribution in [0.15, 0.2) is 42.5 Å². The minimum Gasteiger partial charge on any atom is -0.484 e. The van der Waals surface area contributed by atoms with Crippen LogP contribution in [0, 0.1) is 6.92 Å². The molecule has 160 valence electrons. The number of benzene rings is 2. The van der Waals surface area contributed by atoms with Gasteiger partial charge in [0, 0.05) is 38.9 Å². The fraction of sp³-hybridized carbons (Fsp3) is 0.458. The molecular formula is C24H31N3O3. The van der Waals surface area contributed by atoms with E-state index in [1.807, 2.05) is 31.2 Å². The first-order chi connectivity index (χ1) is 14.6. The average molecular weight is 410 g/mol. The van der Waals surface area contributed by atoms with Crippen molar-refractivity contribution in [3.63, 3.8) is 0 Å². The molecule has 1 amide bonds. The van der Waals surface area contributed by atoms with Gasteiger partial charge >= 0.3 is 0 Å². The zero-order valence-corrected chi connectivity index (χ0v) is 17.9. The maximum absolute atomic E-state index is 12.5. The van der Waals surface area contributed by atoms with Crippen molar-refractivity contribution in [2.45, 2.75) is 19.4 Å². The van der Waals surface area contributed by atoms with E-state index in [2.05, 4.69) is 40.4 Å². The van der Waals surface area contributed by atoms with Gasteiger partial charge in [0.1, 0.15) is 5.75 Å². The third-order valence-electron chi connectivity index (χ3n) is 5.95. The minimum absolute atomic E-state index is 0.0221. The number of anilines is 1. The third kappa shape index (κ3) is 4.94. The second-order valence-electron chi connectivity index (χ2n) is 8.13. The first-order valence-electron chi connectivity index (χ1n) is 10.7. The quantitative estimate of drug-likeness (QED) is 0.762. The molecule has 4 rings (SSSR count). The number of nitrogens with one attached hydrogen (secondary N) is 1. The van der Waals surface area contributed by atoms with Gasteiger partial charge in [-0.05, 0) is 48.2 Å². The summed E-state index contributed by atoms with van der Waals surface area (Å²) in [6.45, 7) is 6.86. The monoisotopic (exact) mass is 409 g/mol. The molecule has 0 spiro atoms. The van der Waals surface area contributed by atoms with Crippen LogP contribution in [0.5, 0.6) is 5.75 Å². The van der Waals surface area contributed by atoms with Gasteiger partial charge in [0.05, 0.1) is 19.3 Å². The Morgan fingerprint density at radius 1 is 1.17 bits per heavy atom. The zero-order chi connectivity index (χ0) is 20.9. The Hall–Kier alpha value is -2.57. The fourth-order valence-electron chi connectivity index (χ4n) is 4.26. The Morgan fingerprint density at radius 2 is 2.00 bits per heavy atom. The van der Waals surface area contributed by atoms with Crippen LogP contribution in [0.4, 0.5) is 5.69 Å². The number of likely N-dealkylation sites (N-methyl/N-ethyl adjacent to an activating group) is 1. The molecular weight excluding hydrogens is 378 g/mol. The molecule has 0 saturated carbocycles. The van der Waals surface area contributed by atoms with E-state index in [0.717, 1.165) is 50.6 Å². The lowest BCUT2D eigenvalue weighted by molar-refractivity contribution is -0.123. The number of fused-ring (bicyclic) bond motifs is 1. The highest BCUT2D eigenvalue weighted by atomic mass is 16.5. The standard InChI is InChI=1S/C24H31N3O3/c1-18-4-3-5-21(14-18)30-17-24(28)25-16-23(27-10-12-29-13-11-27)19-6-7-22-20(15-19)8-9-26(22)2/h3-7,14-15,23H,8-13,16-17H2,1-2H3,(H,25,28)/t23-/m1/s1. The molecule has 1 N–H and O–H groups in total. The molecule has 2 aromatic rings. The molecule has 1 fully saturated rings. The van der Waals surface area contributed by atoms with Crippen molar-refractivity contribution in [3.8, 4) is 5.75 Å². The number of nitrogens with zero attached hydrogens (tertiary/aromatic N) is 2. The number of carbonyl (C=O) groups is 1. The molecule has 6 nitrogen and oxygen atoms in total. The minimum atomic E-state index is -0.101. The lowest BCUT2D eigenvalue weighted by atomic mass is 10.0. The van der Waals surface area contributed by atoms with E-state index in [1.165, 1.54) is 16.8 Å². The van der Waals surface area contributed by atoms with Gasteiger partial charge in [0.25, 0.3) is 5.91 Å². The van der Waals surface area contributed by atoms with Gasteiger partial charge in [-0.15, -0.1) is 0 Å². The van der Waals surface area contributed by atoms with Crippen LogP contribution in [0.1, 0.15) is 22.7 Å². The van der Waals surface area contributed by atoms with Gasteiger partial charge < -0.3 is 19.7 Å². The highest BCUT2D eigenvalue weighted by Crippen LogP contribution is 2.31. The van der Waals surface area contributed by atoms with Crippen LogP contribution in [0.25, 0.3) is 0 Å². The van der Waals surface area contributed by atoms with Crippen LogP contribution in [-0.2, 0) is 16.0 Å². The van der Waals surface area contributed by atoms with Crippen molar-refractivity contribution in [2.24, 2.45) is 0 Å². The summed E-state index contributed by atoms with van der Waals surface area (Å²) < 4.78 is 11.2. The van der Waals surface area contributed by atoms with Crippen molar-refractivity contribution in [1.82, 2.24) is 10.2 Å². The molecule has 0 radical (unpaired) electrons. The Labute approximate surface area is 178 Å². The first-order valence-corrected chi connectivity index (χ1v) is 10.7. The largest absolute Gasteiger partial charge is 0.484 e. The molecule has 30 heavy (non-hydrogen) atoms. The van der Waals surface area contributed by atoms with Crippen LogP contribution in [0.3, 0.4) is 0 Å². The zero-order valence-electron chi connectivity index (χ0n) is 17.9. The molecule has 1 saturated heterocycles. The highest BCUT2D eigenvalue weighted by Gasteiger charge is 2.25. The highest BCUT2D eigenvalue weighted by molar-refractivity contribution is 5.77. The smallest absolute Gasteiger partial charge is 0.258 e. The first kappa shape index (κ1) is 20.7. The molecule has 0 aromatic heterocycles. The topological polar surface area (TPSA) is 54.0 Å². The number of hydrogen-bond donors (Lipinski definition) is 1. The number of carbonyl (C=O) groups excluding carboxylic acids is 1. The third-order valence-corrected chi connectivity index (χ3v) is 5.95. The second kappa shape index (κ2) is 9.49. The molecule has 2 aliphatic rings. The molecule has 2 heterocycles. The Kier molecular flexibility index (Phi) is 6.55. The summed E-state index contributed by atoms with van der Waals surface area (Å²) in [5.74, 6) is 0.619. The van der Waals surface area contributed by atoms with E-state index >= 15 is 0 Å². The van der Waals surface area contributed by atoms with Crippen molar-refractivity contribution in [2.75, 3.05) is 57.9 Å². The number of hydrogen-bond acceptors (Lipinski definition) is 5. The predicted molar refractivity (Wildman–Crippen MR) is 118 cm³/mol.